The number of thiazole rings is 1. The minimum absolute atomic E-state index is 0.0673. The molecule has 1 amide bonds. The van der Waals surface area contributed by atoms with E-state index < -0.39 is 0 Å². The first kappa shape index (κ1) is 21.1. The first-order valence-corrected chi connectivity index (χ1v) is 12.5. The van der Waals surface area contributed by atoms with Crippen LogP contribution in [0.3, 0.4) is 0 Å². The Bertz CT molecular complexity index is 916. The van der Waals surface area contributed by atoms with E-state index in [4.69, 9.17) is 4.74 Å². The Kier molecular flexibility index (Phi) is 5.88. The van der Waals surface area contributed by atoms with Crippen LogP contribution < -0.4 is 0 Å². The number of nitrogens with zero attached hydrogens (tertiary/aromatic N) is 3. The van der Waals surface area contributed by atoms with Gasteiger partial charge >= 0.3 is 0 Å². The first-order valence-electron chi connectivity index (χ1n) is 11.7. The molecule has 1 atom stereocenters. The summed E-state index contributed by atoms with van der Waals surface area (Å²) >= 11 is 1.52. The summed E-state index contributed by atoms with van der Waals surface area (Å²) in [7, 11) is 0. The molecule has 2 saturated heterocycles. The molecule has 0 N–H and O–H groups in total. The molecule has 1 aromatic heterocycles. The van der Waals surface area contributed by atoms with Crippen LogP contribution in [-0.2, 0) is 11.3 Å². The summed E-state index contributed by atoms with van der Waals surface area (Å²) in [6, 6.07) is 12.2. The Morgan fingerprint density at radius 2 is 1.90 bits per heavy atom. The maximum absolute atomic E-state index is 13.0. The van der Waals surface area contributed by atoms with Crippen molar-refractivity contribution in [3.05, 3.63) is 51.5 Å². The maximum atomic E-state index is 13.0. The predicted octanol–water partition coefficient (Wildman–Crippen LogP) is 4.58. The van der Waals surface area contributed by atoms with Crippen molar-refractivity contribution >= 4 is 17.2 Å². The molecule has 1 aliphatic carbocycles. The second kappa shape index (κ2) is 8.64. The van der Waals surface area contributed by atoms with Gasteiger partial charge in [0.2, 0.25) is 0 Å². The number of rotatable bonds is 5. The van der Waals surface area contributed by atoms with Gasteiger partial charge in [-0.3, -0.25) is 9.69 Å². The molecule has 1 spiro atoms. The summed E-state index contributed by atoms with van der Waals surface area (Å²) in [5.41, 5.74) is 2.20. The number of ether oxygens (including phenoxy) is 1. The average molecular weight is 440 g/mol. The molecular formula is C25H33N3O2S. The van der Waals surface area contributed by atoms with E-state index in [0.29, 0.717) is 6.04 Å². The molecule has 0 bridgehead atoms. The van der Waals surface area contributed by atoms with Crippen LogP contribution >= 0.6 is 11.3 Å². The molecule has 3 aliphatic rings. The molecule has 0 radical (unpaired) electrons. The van der Waals surface area contributed by atoms with Gasteiger partial charge in [-0.05, 0) is 57.9 Å². The van der Waals surface area contributed by atoms with E-state index >= 15 is 0 Å². The van der Waals surface area contributed by atoms with Gasteiger partial charge in [0.25, 0.3) is 5.91 Å². The number of aromatic nitrogens is 1. The third kappa shape index (κ3) is 4.57. The van der Waals surface area contributed by atoms with E-state index in [0.717, 1.165) is 73.5 Å². The SMILES string of the molecule is Cc1nc(C)c(C(=O)N2CCC3(CC2)CC(N(Cc2ccccc2)C2CC2)CCO3)s1. The quantitative estimate of drug-likeness (QED) is 0.684. The van der Waals surface area contributed by atoms with Gasteiger partial charge in [-0.15, -0.1) is 11.3 Å². The van der Waals surface area contributed by atoms with Gasteiger partial charge in [-0.2, -0.15) is 0 Å². The van der Waals surface area contributed by atoms with E-state index in [1.807, 2.05) is 18.7 Å². The normalized spacial score (nSPS) is 23.5. The third-order valence-corrected chi connectivity index (χ3v) is 8.28. The van der Waals surface area contributed by atoms with Crippen molar-refractivity contribution in [2.45, 2.75) is 76.6 Å². The van der Waals surface area contributed by atoms with Gasteiger partial charge in [0.15, 0.2) is 0 Å². The number of carbonyl (C=O) groups excluding carboxylic acids is 1. The molecule has 166 valence electrons. The fourth-order valence-corrected chi connectivity index (χ4v) is 6.27. The highest BCUT2D eigenvalue weighted by Gasteiger charge is 2.45. The third-order valence-electron chi connectivity index (χ3n) is 7.22. The molecular weight excluding hydrogens is 406 g/mol. The van der Waals surface area contributed by atoms with Crippen LogP contribution in [0.4, 0.5) is 0 Å². The summed E-state index contributed by atoms with van der Waals surface area (Å²) in [4.78, 5) is 23.0. The minimum Gasteiger partial charge on any atom is -0.375 e. The smallest absolute Gasteiger partial charge is 0.265 e. The molecule has 3 heterocycles. The lowest BCUT2D eigenvalue weighted by Crippen LogP contribution is -2.54. The lowest BCUT2D eigenvalue weighted by atomic mass is 9.81. The monoisotopic (exact) mass is 439 g/mol. The lowest BCUT2D eigenvalue weighted by Gasteiger charge is -2.48. The Morgan fingerprint density at radius 1 is 1.16 bits per heavy atom. The molecule has 5 rings (SSSR count). The van der Waals surface area contributed by atoms with Crippen LogP contribution in [0.2, 0.25) is 0 Å². The molecule has 5 nitrogen and oxygen atoms in total. The van der Waals surface area contributed by atoms with E-state index in [2.05, 4.69) is 40.2 Å². The molecule has 31 heavy (non-hydrogen) atoms. The number of hydrogen-bond acceptors (Lipinski definition) is 5. The Labute approximate surface area is 189 Å². The minimum atomic E-state index is -0.0673. The number of benzene rings is 1. The van der Waals surface area contributed by atoms with Crippen LogP contribution in [0, 0.1) is 13.8 Å². The summed E-state index contributed by atoms with van der Waals surface area (Å²) in [6.45, 7) is 7.35. The second-order valence-corrected chi connectivity index (χ2v) is 10.7. The van der Waals surface area contributed by atoms with E-state index in [-0.39, 0.29) is 11.5 Å². The van der Waals surface area contributed by atoms with Crippen molar-refractivity contribution in [2.75, 3.05) is 19.7 Å². The number of likely N-dealkylation sites (tertiary alicyclic amines) is 1. The van der Waals surface area contributed by atoms with Crippen LogP contribution in [0.25, 0.3) is 0 Å². The summed E-state index contributed by atoms with van der Waals surface area (Å²) in [5, 5.41) is 0.964. The fourth-order valence-electron chi connectivity index (χ4n) is 5.38. The molecule has 2 aromatic rings. The molecule has 2 aliphatic heterocycles. The van der Waals surface area contributed by atoms with E-state index in [1.165, 1.54) is 29.7 Å². The molecule has 1 saturated carbocycles. The van der Waals surface area contributed by atoms with Gasteiger partial charge in [-0.25, -0.2) is 4.98 Å². The van der Waals surface area contributed by atoms with Crippen LogP contribution in [0.5, 0.6) is 0 Å². The van der Waals surface area contributed by atoms with Crippen molar-refractivity contribution in [2.24, 2.45) is 0 Å². The maximum Gasteiger partial charge on any atom is 0.265 e. The van der Waals surface area contributed by atoms with E-state index in [1.54, 1.807) is 0 Å². The Hall–Kier alpha value is -1.76. The number of aryl methyl sites for hydroxylation is 2. The van der Waals surface area contributed by atoms with Gasteiger partial charge in [0, 0.05) is 38.3 Å². The highest BCUT2D eigenvalue weighted by Crippen LogP contribution is 2.41. The number of amides is 1. The van der Waals surface area contributed by atoms with Crippen molar-refractivity contribution in [1.82, 2.24) is 14.8 Å². The van der Waals surface area contributed by atoms with Gasteiger partial charge < -0.3 is 9.64 Å². The van der Waals surface area contributed by atoms with Crippen molar-refractivity contribution in [3.8, 4) is 0 Å². The Balaban J connectivity index is 1.24. The van der Waals surface area contributed by atoms with Crippen molar-refractivity contribution < 1.29 is 9.53 Å². The molecule has 3 fully saturated rings. The van der Waals surface area contributed by atoms with Gasteiger partial charge in [0.05, 0.1) is 16.3 Å². The van der Waals surface area contributed by atoms with Gasteiger partial charge in [0.1, 0.15) is 4.88 Å². The standard InChI is InChI=1S/C25H33N3O2S/c1-18-23(31-19(2)26-18)24(29)27-13-11-25(12-14-27)16-22(10-15-30-25)28(21-8-9-21)17-20-6-4-3-5-7-20/h3-7,21-22H,8-17H2,1-2H3. The molecule has 1 unspecified atom stereocenters. The zero-order valence-electron chi connectivity index (χ0n) is 18.7. The van der Waals surface area contributed by atoms with Crippen LogP contribution in [-0.4, -0.2) is 58.1 Å². The van der Waals surface area contributed by atoms with Crippen LogP contribution in [0.15, 0.2) is 30.3 Å². The van der Waals surface area contributed by atoms with Gasteiger partial charge in [-0.1, -0.05) is 30.3 Å². The second-order valence-electron chi connectivity index (χ2n) is 9.51. The van der Waals surface area contributed by atoms with E-state index in [9.17, 15) is 4.79 Å². The molecule has 6 heteroatoms. The van der Waals surface area contributed by atoms with Crippen molar-refractivity contribution in [1.29, 1.82) is 0 Å². The Morgan fingerprint density at radius 3 is 2.55 bits per heavy atom. The largest absolute Gasteiger partial charge is 0.375 e. The zero-order valence-corrected chi connectivity index (χ0v) is 19.5. The summed E-state index contributed by atoms with van der Waals surface area (Å²) < 4.78 is 6.42. The summed E-state index contributed by atoms with van der Waals surface area (Å²) in [6.07, 6.45) is 6.75. The highest BCUT2D eigenvalue weighted by molar-refractivity contribution is 7.13. The number of piperidine rings is 1. The zero-order chi connectivity index (χ0) is 21.4. The number of carbonyl (C=O) groups is 1. The average Bonchev–Trinajstić information content (AvgIpc) is 3.56. The van der Waals surface area contributed by atoms with Crippen LogP contribution in [0.1, 0.15) is 64.5 Å². The lowest BCUT2D eigenvalue weighted by molar-refractivity contribution is -0.131. The summed E-state index contributed by atoms with van der Waals surface area (Å²) in [5.74, 6) is 0.147. The van der Waals surface area contributed by atoms with Crippen molar-refractivity contribution in [3.63, 3.8) is 0 Å². The number of hydrogen-bond donors (Lipinski definition) is 0. The first-order chi connectivity index (χ1) is 15.0. The predicted molar refractivity (Wildman–Crippen MR) is 123 cm³/mol. The highest BCUT2D eigenvalue weighted by atomic mass is 32.1. The molecule has 1 aromatic carbocycles. The topological polar surface area (TPSA) is 45.7 Å². The fraction of sp³-hybridized carbons (Fsp3) is 0.600.